The van der Waals surface area contributed by atoms with Crippen molar-refractivity contribution in [3.8, 4) is 22.3 Å². The van der Waals surface area contributed by atoms with Gasteiger partial charge in [0.05, 0.1) is 0 Å². The summed E-state index contributed by atoms with van der Waals surface area (Å²) in [6.07, 6.45) is 10.9. The van der Waals surface area contributed by atoms with Crippen LogP contribution in [-0.4, -0.2) is 5.66 Å². The molecule has 0 N–H and O–H groups in total. The van der Waals surface area contributed by atoms with Gasteiger partial charge in [0.25, 0.3) is 0 Å². The van der Waals surface area contributed by atoms with E-state index in [1.165, 1.54) is 50.1 Å². The summed E-state index contributed by atoms with van der Waals surface area (Å²) in [6.45, 7) is 12.6. The van der Waals surface area contributed by atoms with Crippen LogP contribution in [0.15, 0.2) is 135 Å². The van der Waals surface area contributed by atoms with Crippen molar-refractivity contribution >= 4 is 41.5 Å². The topological polar surface area (TPSA) is 0 Å². The van der Waals surface area contributed by atoms with Gasteiger partial charge in [-0.2, -0.15) is 0 Å². The highest BCUT2D eigenvalue weighted by atomic mass is 31.1. The van der Waals surface area contributed by atoms with Crippen LogP contribution >= 0.6 is 7.92 Å². The minimum Gasteiger partial charge on any atom is -0.0984 e. The molecule has 40 heavy (non-hydrogen) atoms. The van der Waals surface area contributed by atoms with Gasteiger partial charge in [-0.05, 0) is 81.2 Å². The maximum Gasteiger partial charge on any atom is 0.00223 e. The SMILES string of the molecule is C=Cc1ccc2cc(-c3ccc(-c4cccc(P(c5ccccc5)C(C)/C=C\CCC)c4)cc3)ccc2c1C=C. The summed E-state index contributed by atoms with van der Waals surface area (Å²) in [5.41, 5.74) is 7.67. The van der Waals surface area contributed by atoms with Gasteiger partial charge < -0.3 is 0 Å². The maximum absolute atomic E-state index is 4.02. The molecule has 0 amide bonds. The normalized spacial score (nSPS) is 12.8. The Bertz CT molecular complexity index is 1640. The number of allylic oxidation sites excluding steroid dienone is 2. The Hall–Kier alpha value is -3.99. The van der Waals surface area contributed by atoms with Crippen LogP contribution in [0.4, 0.5) is 0 Å². The van der Waals surface area contributed by atoms with Crippen LogP contribution in [0.25, 0.3) is 45.2 Å². The molecule has 2 unspecified atom stereocenters. The van der Waals surface area contributed by atoms with Crippen molar-refractivity contribution in [2.24, 2.45) is 0 Å². The first-order valence-electron chi connectivity index (χ1n) is 14.2. The van der Waals surface area contributed by atoms with E-state index in [-0.39, 0.29) is 0 Å². The van der Waals surface area contributed by atoms with Gasteiger partial charge in [0.2, 0.25) is 0 Å². The zero-order valence-electron chi connectivity index (χ0n) is 23.6. The van der Waals surface area contributed by atoms with Gasteiger partial charge in [0.15, 0.2) is 0 Å². The predicted octanol–water partition coefficient (Wildman–Crippen LogP) is 10.6. The Morgan fingerprint density at radius 3 is 2.02 bits per heavy atom. The van der Waals surface area contributed by atoms with Crippen molar-refractivity contribution in [2.45, 2.75) is 32.3 Å². The van der Waals surface area contributed by atoms with Crippen molar-refractivity contribution in [1.82, 2.24) is 0 Å². The fraction of sp³-hybridized carbons (Fsp3) is 0.128. The first-order chi connectivity index (χ1) is 19.6. The fourth-order valence-corrected chi connectivity index (χ4v) is 7.95. The van der Waals surface area contributed by atoms with E-state index in [0.717, 1.165) is 17.5 Å². The zero-order chi connectivity index (χ0) is 27.9. The van der Waals surface area contributed by atoms with E-state index in [1.807, 2.05) is 12.2 Å². The monoisotopic (exact) mass is 536 g/mol. The number of fused-ring (bicyclic) bond motifs is 1. The first-order valence-corrected chi connectivity index (χ1v) is 15.6. The van der Waals surface area contributed by atoms with Gasteiger partial charge in [0, 0.05) is 5.66 Å². The van der Waals surface area contributed by atoms with Crippen molar-refractivity contribution in [3.05, 3.63) is 146 Å². The molecule has 0 saturated carbocycles. The lowest BCUT2D eigenvalue weighted by Crippen LogP contribution is -2.18. The molecule has 198 valence electrons. The summed E-state index contributed by atoms with van der Waals surface area (Å²) in [4.78, 5) is 0. The molecule has 0 aliphatic rings. The van der Waals surface area contributed by atoms with E-state index in [9.17, 15) is 0 Å². The Balaban J connectivity index is 1.45. The summed E-state index contributed by atoms with van der Waals surface area (Å²) >= 11 is 0. The van der Waals surface area contributed by atoms with Gasteiger partial charge in [-0.3, -0.25) is 0 Å². The van der Waals surface area contributed by atoms with Crippen molar-refractivity contribution in [1.29, 1.82) is 0 Å². The lowest BCUT2D eigenvalue weighted by atomic mass is 9.94. The molecule has 0 fully saturated rings. The number of hydrogen-bond donors (Lipinski definition) is 0. The highest BCUT2D eigenvalue weighted by molar-refractivity contribution is 7.73. The summed E-state index contributed by atoms with van der Waals surface area (Å²) in [5.74, 6) is 0. The van der Waals surface area contributed by atoms with E-state index >= 15 is 0 Å². The fourth-order valence-electron chi connectivity index (χ4n) is 5.40. The average molecular weight is 537 g/mol. The molecule has 5 aromatic carbocycles. The van der Waals surface area contributed by atoms with E-state index in [1.54, 1.807) is 0 Å². The molecule has 5 rings (SSSR count). The summed E-state index contributed by atoms with van der Waals surface area (Å²) < 4.78 is 0. The molecule has 0 spiro atoms. The highest BCUT2D eigenvalue weighted by Gasteiger charge is 2.19. The molecular weight excluding hydrogens is 499 g/mol. The minimum absolute atomic E-state index is 0.471. The third-order valence-corrected chi connectivity index (χ3v) is 10.2. The Morgan fingerprint density at radius 1 is 0.675 bits per heavy atom. The van der Waals surface area contributed by atoms with Crippen LogP contribution in [0.1, 0.15) is 37.8 Å². The molecule has 2 atom stereocenters. The number of rotatable bonds is 10. The Morgan fingerprint density at radius 2 is 1.35 bits per heavy atom. The van der Waals surface area contributed by atoms with Crippen molar-refractivity contribution in [2.75, 3.05) is 0 Å². The van der Waals surface area contributed by atoms with Crippen molar-refractivity contribution < 1.29 is 0 Å². The van der Waals surface area contributed by atoms with E-state index in [2.05, 4.69) is 148 Å². The smallest absolute Gasteiger partial charge is 0.00223 e. The molecule has 0 nitrogen and oxygen atoms in total. The second kappa shape index (κ2) is 12.9. The van der Waals surface area contributed by atoms with E-state index in [0.29, 0.717) is 5.66 Å². The van der Waals surface area contributed by atoms with Crippen LogP contribution in [0.2, 0.25) is 0 Å². The average Bonchev–Trinajstić information content (AvgIpc) is 3.01. The Labute approximate surface area is 241 Å². The third-order valence-electron chi connectivity index (χ3n) is 7.51. The molecule has 0 aliphatic carbocycles. The first kappa shape index (κ1) is 27.6. The van der Waals surface area contributed by atoms with Crippen molar-refractivity contribution in [3.63, 3.8) is 0 Å². The van der Waals surface area contributed by atoms with Crippen LogP contribution in [0.3, 0.4) is 0 Å². The molecule has 5 aromatic rings. The standard InChI is InChI=1S/C39H37P/c1-5-8-10-14-29(4)40(36-16-11-9-12-17-36)37-18-13-15-33(28-37)31-20-22-32(23-21-31)34-25-26-39-35(27-34)24-19-30(6-2)38(39)7-3/h6-7,9-29H,2-3,5,8H2,1,4H3/b14-10-. The van der Waals surface area contributed by atoms with E-state index < -0.39 is 7.92 Å². The second-order valence-corrected chi connectivity index (χ2v) is 12.8. The van der Waals surface area contributed by atoms with Gasteiger partial charge >= 0.3 is 0 Å². The predicted molar refractivity (Wildman–Crippen MR) is 181 cm³/mol. The van der Waals surface area contributed by atoms with Crippen LogP contribution in [0.5, 0.6) is 0 Å². The largest absolute Gasteiger partial charge is 0.0984 e. The minimum atomic E-state index is -0.503. The van der Waals surface area contributed by atoms with Gasteiger partial charge in [-0.1, -0.05) is 155 Å². The van der Waals surface area contributed by atoms with Gasteiger partial charge in [-0.25, -0.2) is 0 Å². The highest BCUT2D eigenvalue weighted by Crippen LogP contribution is 2.41. The van der Waals surface area contributed by atoms with Crippen LogP contribution < -0.4 is 10.6 Å². The quantitative estimate of drug-likeness (QED) is 0.123. The molecule has 0 aliphatic heterocycles. The van der Waals surface area contributed by atoms with Gasteiger partial charge in [0.1, 0.15) is 0 Å². The summed E-state index contributed by atoms with van der Waals surface area (Å²) in [7, 11) is -0.503. The molecule has 0 bridgehead atoms. The van der Waals surface area contributed by atoms with E-state index in [4.69, 9.17) is 0 Å². The second-order valence-electron chi connectivity index (χ2n) is 10.2. The summed E-state index contributed by atoms with van der Waals surface area (Å²) in [5, 5.41) is 5.27. The maximum atomic E-state index is 4.02. The zero-order valence-corrected chi connectivity index (χ0v) is 24.4. The number of hydrogen-bond acceptors (Lipinski definition) is 0. The summed E-state index contributed by atoms with van der Waals surface area (Å²) in [6, 6.07) is 40.2. The molecular formula is C39H37P. The van der Waals surface area contributed by atoms with Crippen LogP contribution in [0, 0.1) is 0 Å². The lowest BCUT2D eigenvalue weighted by Gasteiger charge is -2.24. The molecule has 0 radical (unpaired) electrons. The number of unbranched alkanes of at least 4 members (excludes halogenated alkanes) is 1. The molecule has 0 aromatic heterocycles. The van der Waals surface area contributed by atoms with Gasteiger partial charge in [-0.15, -0.1) is 0 Å². The molecule has 1 heteroatoms. The third kappa shape index (κ3) is 5.94. The lowest BCUT2D eigenvalue weighted by molar-refractivity contribution is 0.952. The van der Waals surface area contributed by atoms with Crippen LogP contribution in [-0.2, 0) is 0 Å². The molecule has 0 saturated heterocycles. The molecule has 0 heterocycles. The number of benzene rings is 5. The Kier molecular flexibility index (Phi) is 8.90.